The van der Waals surface area contributed by atoms with Crippen LogP contribution in [0.25, 0.3) is 0 Å². The second kappa shape index (κ2) is 5.92. The highest BCUT2D eigenvalue weighted by molar-refractivity contribution is 5.84. The van der Waals surface area contributed by atoms with Gasteiger partial charge < -0.3 is 10.4 Å². The zero-order chi connectivity index (χ0) is 16.3. The van der Waals surface area contributed by atoms with E-state index in [2.05, 4.69) is 15.6 Å². The number of carbonyl (C=O) groups is 2. The van der Waals surface area contributed by atoms with Gasteiger partial charge in [-0.15, -0.1) is 5.10 Å². The number of nitrogens with one attached hydrogen (secondary N) is 1. The topological polar surface area (TPSA) is 97.1 Å². The van der Waals surface area contributed by atoms with Gasteiger partial charge in [-0.1, -0.05) is 17.3 Å². The van der Waals surface area contributed by atoms with Gasteiger partial charge in [0.2, 0.25) is 5.91 Å². The van der Waals surface area contributed by atoms with Crippen molar-refractivity contribution in [1.82, 2.24) is 20.3 Å². The molecule has 2 N–H and O–H groups in total. The Labute approximate surface area is 125 Å². The molecule has 1 aromatic heterocycles. The third kappa shape index (κ3) is 3.66. The van der Waals surface area contributed by atoms with E-state index in [-0.39, 0.29) is 18.1 Å². The van der Waals surface area contributed by atoms with Crippen molar-refractivity contribution in [2.24, 2.45) is 0 Å². The van der Waals surface area contributed by atoms with Crippen LogP contribution in [0.2, 0.25) is 0 Å². The van der Waals surface area contributed by atoms with Crippen molar-refractivity contribution in [2.45, 2.75) is 25.9 Å². The molecule has 0 unspecified atom stereocenters. The Balaban J connectivity index is 2.05. The number of hydrogen-bond acceptors (Lipinski definition) is 4. The van der Waals surface area contributed by atoms with E-state index in [1.165, 1.54) is 12.1 Å². The number of rotatable bonds is 5. The Morgan fingerprint density at radius 2 is 2.14 bits per heavy atom. The molecule has 2 aromatic rings. The summed E-state index contributed by atoms with van der Waals surface area (Å²) in [6.45, 7) is 3.30. The van der Waals surface area contributed by atoms with Crippen LogP contribution >= 0.6 is 0 Å². The van der Waals surface area contributed by atoms with Crippen LogP contribution in [0.5, 0.6) is 0 Å². The zero-order valence-electron chi connectivity index (χ0n) is 12.1. The summed E-state index contributed by atoms with van der Waals surface area (Å²) in [5.74, 6) is -2.00. The van der Waals surface area contributed by atoms with E-state index in [0.717, 1.165) is 10.9 Å². The monoisotopic (exact) mass is 306 g/mol. The van der Waals surface area contributed by atoms with Crippen molar-refractivity contribution in [3.8, 4) is 0 Å². The van der Waals surface area contributed by atoms with Crippen LogP contribution in [0.4, 0.5) is 4.39 Å². The first kappa shape index (κ1) is 15.6. The fraction of sp³-hybridized carbons (Fsp3) is 0.286. The van der Waals surface area contributed by atoms with Gasteiger partial charge in [0.05, 0.1) is 11.7 Å². The molecule has 8 heteroatoms. The van der Waals surface area contributed by atoms with Crippen LogP contribution in [0.3, 0.4) is 0 Å². The first-order valence-corrected chi connectivity index (χ1v) is 6.48. The third-order valence-electron chi connectivity index (χ3n) is 3.06. The van der Waals surface area contributed by atoms with Gasteiger partial charge in [0.1, 0.15) is 12.4 Å². The average molecular weight is 306 g/mol. The summed E-state index contributed by atoms with van der Waals surface area (Å²) >= 11 is 0. The molecule has 22 heavy (non-hydrogen) atoms. The number of carbonyl (C=O) groups excluding carboxylic acids is 1. The molecular formula is C14H15FN4O3. The van der Waals surface area contributed by atoms with Gasteiger partial charge in [-0.3, -0.25) is 4.79 Å². The van der Waals surface area contributed by atoms with Gasteiger partial charge in [0.15, 0.2) is 5.69 Å². The standard InChI is InChI=1S/C14H15FN4O3/c1-14(2,9-4-3-5-10(15)6-9)16-12(20)8-19-7-11(13(21)22)17-18-19/h3-7H,8H2,1-2H3,(H,16,20)(H,21,22). The number of aromatic nitrogens is 3. The Morgan fingerprint density at radius 1 is 1.41 bits per heavy atom. The SMILES string of the molecule is CC(C)(NC(=O)Cn1cc(C(=O)O)nn1)c1cccc(F)c1. The van der Waals surface area contributed by atoms with Crippen LogP contribution in [0.15, 0.2) is 30.5 Å². The number of hydrogen-bond donors (Lipinski definition) is 2. The molecule has 0 aliphatic heterocycles. The van der Waals surface area contributed by atoms with Crippen molar-refractivity contribution in [2.75, 3.05) is 0 Å². The van der Waals surface area contributed by atoms with Crippen molar-refractivity contribution in [1.29, 1.82) is 0 Å². The molecule has 0 saturated heterocycles. The fourth-order valence-corrected chi connectivity index (χ4v) is 1.96. The molecule has 0 aliphatic rings. The van der Waals surface area contributed by atoms with Crippen molar-refractivity contribution >= 4 is 11.9 Å². The lowest BCUT2D eigenvalue weighted by molar-refractivity contribution is -0.123. The number of nitrogens with zero attached hydrogens (tertiary/aromatic N) is 3. The molecule has 116 valence electrons. The summed E-state index contributed by atoms with van der Waals surface area (Å²) in [6.07, 6.45) is 1.16. The summed E-state index contributed by atoms with van der Waals surface area (Å²) in [5.41, 5.74) is -0.405. The maximum Gasteiger partial charge on any atom is 0.358 e. The number of carboxylic acids is 1. The lowest BCUT2D eigenvalue weighted by Crippen LogP contribution is -2.42. The molecule has 7 nitrogen and oxygen atoms in total. The van der Waals surface area contributed by atoms with Crippen molar-refractivity contribution < 1.29 is 19.1 Å². The summed E-state index contributed by atoms with van der Waals surface area (Å²) < 4.78 is 14.4. The lowest BCUT2D eigenvalue weighted by atomic mass is 9.94. The van der Waals surface area contributed by atoms with Crippen LogP contribution in [-0.2, 0) is 16.9 Å². The fourth-order valence-electron chi connectivity index (χ4n) is 1.96. The predicted octanol–water partition coefficient (Wildman–Crippen LogP) is 1.17. The van der Waals surface area contributed by atoms with E-state index >= 15 is 0 Å². The molecule has 0 bridgehead atoms. The molecule has 0 radical (unpaired) electrons. The molecule has 0 fully saturated rings. The van der Waals surface area contributed by atoms with Gasteiger partial charge in [-0.2, -0.15) is 0 Å². The molecule has 0 saturated carbocycles. The first-order chi connectivity index (χ1) is 10.3. The van der Waals surface area contributed by atoms with E-state index in [4.69, 9.17) is 5.11 Å². The quantitative estimate of drug-likeness (QED) is 0.864. The Hall–Kier alpha value is -2.77. The van der Waals surface area contributed by atoms with Crippen LogP contribution in [0.1, 0.15) is 29.9 Å². The minimum absolute atomic E-state index is 0.182. The molecule has 0 aliphatic carbocycles. The number of benzene rings is 1. The van der Waals surface area contributed by atoms with E-state index in [1.54, 1.807) is 26.0 Å². The van der Waals surface area contributed by atoms with Gasteiger partial charge in [-0.25, -0.2) is 13.9 Å². The molecular weight excluding hydrogens is 291 g/mol. The minimum atomic E-state index is -1.22. The van der Waals surface area contributed by atoms with Crippen LogP contribution in [0, 0.1) is 5.82 Å². The smallest absolute Gasteiger partial charge is 0.358 e. The second-order valence-electron chi connectivity index (χ2n) is 5.29. The van der Waals surface area contributed by atoms with E-state index in [1.807, 2.05) is 0 Å². The Bertz CT molecular complexity index is 712. The number of carboxylic acid groups (broad SMARTS) is 1. The molecule has 2 rings (SSSR count). The molecule has 0 atom stereocenters. The Kier molecular flexibility index (Phi) is 4.20. The zero-order valence-corrected chi connectivity index (χ0v) is 12.1. The normalized spacial score (nSPS) is 11.2. The second-order valence-corrected chi connectivity index (χ2v) is 5.29. The lowest BCUT2D eigenvalue weighted by Gasteiger charge is -2.27. The van der Waals surface area contributed by atoms with Gasteiger partial charge in [-0.05, 0) is 31.5 Å². The maximum atomic E-state index is 13.3. The van der Waals surface area contributed by atoms with Crippen molar-refractivity contribution in [3.05, 3.63) is 47.5 Å². The van der Waals surface area contributed by atoms with E-state index in [0.29, 0.717) is 5.56 Å². The predicted molar refractivity (Wildman–Crippen MR) is 74.6 cm³/mol. The largest absolute Gasteiger partial charge is 0.476 e. The minimum Gasteiger partial charge on any atom is -0.476 e. The van der Waals surface area contributed by atoms with E-state index in [9.17, 15) is 14.0 Å². The number of halogens is 1. The number of amides is 1. The van der Waals surface area contributed by atoms with Gasteiger partial charge in [0.25, 0.3) is 0 Å². The molecule has 1 amide bonds. The van der Waals surface area contributed by atoms with Gasteiger partial charge >= 0.3 is 5.97 Å². The average Bonchev–Trinajstić information content (AvgIpc) is 2.86. The first-order valence-electron chi connectivity index (χ1n) is 6.48. The van der Waals surface area contributed by atoms with Crippen LogP contribution < -0.4 is 5.32 Å². The third-order valence-corrected chi connectivity index (χ3v) is 3.06. The summed E-state index contributed by atoms with van der Waals surface area (Å²) in [7, 11) is 0. The summed E-state index contributed by atoms with van der Waals surface area (Å²) in [6, 6.07) is 5.94. The van der Waals surface area contributed by atoms with E-state index < -0.39 is 17.4 Å². The van der Waals surface area contributed by atoms with Crippen molar-refractivity contribution in [3.63, 3.8) is 0 Å². The number of aromatic carboxylic acids is 1. The summed E-state index contributed by atoms with van der Waals surface area (Å²) in [4.78, 5) is 22.7. The Morgan fingerprint density at radius 3 is 2.73 bits per heavy atom. The molecule has 1 heterocycles. The summed E-state index contributed by atoms with van der Waals surface area (Å²) in [5, 5.41) is 18.5. The van der Waals surface area contributed by atoms with Gasteiger partial charge in [0, 0.05) is 0 Å². The highest BCUT2D eigenvalue weighted by Gasteiger charge is 2.23. The highest BCUT2D eigenvalue weighted by atomic mass is 19.1. The van der Waals surface area contributed by atoms with Crippen LogP contribution in [-0.4, -0.2) is 32.0 Å². The molecule has 1 aromatic carbocycles. The molecule has 0 spiro atoms. The highest BCUT2D eigenvalue weighted by Crippen LogP contribution is 2.20. The maximum absolute atomic E-state index is 13.3.